The number of nitrogens with zero attached hydrogens (tertiary/aromatic N) is 1. The zero-order valence-electron chi connectivity index (χ0n) is 19.4. The molecule has 0 unspecified atom stereocenters. The highest BCUT2D eigenvalue weighted by molar-refractivity contribution is 5.99. The maximum absolute atomic E-state index is 2.56. The van der Waals surface area contributed by atoms with Crippen LogP contribution in [0.15, 0.2) is 91.0 Å². The molecule has 164 valence electrons. The van der Waals surface area contributed by atoms with Crippen molar-refractivity contribution in [2.24, 2.45) is 0 Å². The molecule has 0 bridgehead atoms. The summed E-state index contributed by atoms with van der Waals surface area (Å²) < 4.78 is 0. The van der Waals surface area contributed by atoms with Crippen LogP contribution in [-0.4, -0.2) is 0 Å². The van der Waals surface area contributed by atoms with E-state index in [1.165, 1.54) is 72.7 Å². The molecule has 0 saturated carbocycles. The predicted octanol–water partition coefficient (Wildman–Crippen LogP) is 8.11. The summed E-state index contributed by atoms with van der Waals surface area (Å²) in [5, 5.41) is 0. The molecule has 2 aliphatic carbocycles. The third kappa shape index (κ3) is 2.24. The van der Waals surface area contributed by atoms with Gasteiger partial charge in [-0.2, -0.15) is 0 Å². The van der Waals surface area contributed by atoms with E-state index in [-0.39, 0.29) is 0 Å². The Morgan fingerprint density at radius 2 is 1.00 bits per heavy atom. The topological polar surface area (TPSA) is 3.24 Å². The van der Waals surface area contributed by atoms with Crippen molar-refractivity contribution in [2.45, 2.75) is 25.7 Å². The van der Waals surface area contributed by atoms with Gasteiger partial charge in [0.1, 0.15) is 0 Å². The van der Waals surface area contributed by atoms with E-state index in [2.05, 4.69) is 95.9 Å². The summed E-state index contributed by atoms with van der Waals surface area (Å²) in [6.07, 6.45) is 4.12. The van der Waals surface area contributed by atoms with Gasteiger partial charge in [-0.3, -0.25) is 0 Å². The lowest BCUT2D eigenvalue weighted by atomic mass is 9.82. The van der Waals surface area contributed by atoms with Gasteiger partial charge < -0.3 is 4.90 Å². The van der Waals surface area contributed by atoms with Crippen LogP contribution >= 0.6 is 0 Å². The largest absolute Gasteiger partial charge is 0.309 e. The fourth-order valence-corrected chi connectivity index (χ4v) is 7.29. The Kier molecular flexibility index (Phi) is 3.29. The van der Waals surface area contributed by atoms with Gasteiger partial charge in [-0.25, -0.2) is 0 Å². The van der Waals surface area contributed by atoms with Crippen LogP contribution in [0.1, 0.15) is 44.5 Å². The summed E-state index contributed by atoms with van der Waals surface area (Å²) >= 11 is 0. The summed E-state index contributed by atoms with van der Waals surface area (Å²) in [4.78, 5) is 2.56. The fraction of sp³-hybridized carbons (Fsp3) is 0.118. The summed E-state index contributed by atoms with van der Waals surface area (Å²) in [7, 11) is 0. The zero-order valence-corrected chi connectivity index (χ0v) is 19.4. The second kappa shape index (κ2) is 6.31. The van der Waals surface area contributed by atoms with E-state index in [1.807, 2.05) is 0 Å². The molecule has 0 amide bonds. The van der Waals surface area contributed by atoms with E-state index >= 15 is 0 Å². The molecule has 0 saturated heterocycles. The summed E-state index contributed by atoms with van der Waals surface area (Å²) in [6, 6.07) is 34.4. The molecule has 1 nitrogen and oxygen atoms in total. The molecule has 5 aromatic rings. The third-order valence-electron chi connectivity index (χ3n) is 8.72. The molecule has 35 heavy (non-hydrogen) atoms. The second-order valence-electron chi connectivity index (χ2n) is 10.5. The average Bonchev–Trinajstić information content (AvgIpc) is 3.46. The molecular weight excluding hydrogens is 422 g/mol. The Bertz CT molecular complexity index is 1740. The minimum absolute atomic E-state index is 1.01. The second-order valence-corrected chi connectivity index (χ2v) is 10.5. The lowest BCUT2D eigenvalue weighted by Crippen LogP contribution is -2.25. The molecule has 0 radical (unpaired) electrons. The van der Waals surface area contributed by atoms with Crippen molar-refractivity contribution in [2.75, 3.05) is 4.90 Å². The standard InChI is InChI=1S/C34H23N/c1-4-10-26-20(7-1)15-23-13-14-24-18-27-28(33(24)32(23)26)19-25-16-21-8-2-5-11-30(21)35-31-12-6-3-9-22(31)17-29(27)34(25)35/h1-14,19H,15-18H2. The van der Waals surface area contributed by atoms with Crippen LogP contribution < -0.4 is 4.90 Å². The molecule has 4 aliphatic rings. The molecule has 0 aromatic heterocycles. The first-order valence-corrected chi connectivity index (χ1v) is 12.7. The highest BCUT2D eigenvalue weighted by Gasteiger charge is 2.37. The van der Waals surface area contributed by atoms with Gasteiger partial charge in [0, 0.05) is 24.2 Å². The molecule has 2 heterocycles. The average molecular weight is 446 g/mol. The highest BCUT2D eigenvalue weighted by atomic mass is 15.2. The van der Waals surface area contributed by atoms with Gasteiger partial charge in [0.2, 0.25) is 0 Å². The van der Waals surface area contributed by atoms with Gasteiger partial charge in [-0.05, 0) is 97.8 Å². The van der Waals surface area contributed by atoms with Gasteiger partial charge in [-0.15, -0.1) is 0 Å². The van der Waals surface area contributed by atoms with Gasteiger partial charge >= 0.3 is 0 Å². The Balaban J connectivity index is 1.35. The molecule has 0 atom stereocenters. The lowest BCUT2D eigenvalue weighted by molar-refractivity contribution is 0.994. The van der Waals surface area contributed by atoms with Crippen LogP contribution in [-0.2, 0) is 25.7 Å². The first-order chi connectivity index (χ1) is 17.3. The summed E-state index contributed by atoms with van der Waals surface area (Å²) in [5.74, 6) is 0. The Morgan fingerprint density at radius 3 is 1.80 bits per heavy atom. The van der Waals surface area contributed by atoms with Crippen molar-refractivity contribution in [3.8, 4) is 22.3 Å². The monoisotopic (exact) mass is 445 g/mol. The van der Waals surface area contributed by atoms with E-state index in [9.17, 15) is 0 Å². The van der Waals surface area contributed by atoms with E-state index < -0.39 is 0 Å². The molecule has 0 spiro atoms. The smallest absolute Gasteiger partial charge is 0.0535 e. The first-order valence-electron chi connectivity index (χ1n) is 12.7. The molecule has 0 N–H and O–H groups in total. The molecule has 9 rings (SSSR count). The highest BCUT2D eigenvalue weighted by Crippen LogP contribution is 2.56. The van der Waals surface area contributed by atoms with Crippen molar-refractivity contribution in [1.29, 1.82) is 0 Å². The number of rotatable bonds is 0. The van der Waals surface area contributed by atoms with Crippen molar-refractivity contribution in [3.05, 3.63) is 136 Å². The third-order valence-corrected chi connectivity index (χ3v) is 8.72. The molecule has 0 fully saturated rings. The summed E-state index contributed by atoms with van der Waals surface area (Å²) in [5.41, 5.74) is 21.9. The number of hydrogen-bond donors (Lipinski definition) is 0. The number of anilines is 3. The zero-order chi connectivity index (χ0) is 22.7. The maximum atomic E-state index is 2.56. The lowest BCUT2D eigenvalue weighted by Gasteiger charge is -2.40. The van der Waals surface area contributed by atoms with Crippen molar-refractivity contribution >= 4 is 17.1 Å². The number of hydrogen-bond acceptors (Lipinski definition) is 1. The minimum Gasteiger partial charge on any atom is -0.309 e. The summed E-state index contributed by atoms with van der Waals surface area (Å²) in [6.45, 7) is 0. The number of fused-ring (bicyclic) bond motifs is 12. The quantitative estimate of drug-likeness (QED) is 0.228. The van der Waals surface area contributed by atoms with Crippen LogP contribution in [0.3, 0.4) is 0 Å². The molecular formula is C34H23N. The predicted molar refractivity (Wildman–Crippen MR) is 143 cm³/mol. The van der Waals surface area contributed by atoms with Crippen LogP contribution in [0.25, 0.3) is 22.3 Å². The van der Waals surface area contributed by atoms with E-state index in [0.29, 0.717) is 0 Å². The minimum atomic E-state index is 1.01. The van der Waals surface area contributed by atoms with Gasteiger partial charge in [0.25, 0.3) is 0 Å². The fourth-order valence-electron chi connectivity index (χ4n) is 7.29. The molecule has 1 heteroatoms. The maximum Gasteiger partial charge on any atom is 0.0535 e. The Morgan fingerprint density at radius 1 is 0.429 bits per heavy atom. The normalized spacial score (nSPS) is 14.9. The van der Waals surface area contributed by atoms with Crippen LogP contribution in [0, 0.1) is 0 Å². The molecule has 5 aromatic carbocycles. The number of para-hydroxylation sites is 2. The van der Waals surface area contributed by atoms with Crippen molar-refractivity contribution in [1.82, 2.24) is 0 Å². The molecule has 2 aliphatic heterocycles. The van der Waals surface area contributed by atoms with Gasteiger partial charge in [-0.1, -0.05) is 72.8 Å². The van der Waals surface area contributed by atoms with Crippen LogP contribution in [0.4, 0.5) is 17.1 Å². The Labute approximate surface area is 205 Å². The SMILES string of the molecule is c1ccc2c(c1)Cc1ccc3c(c1-2)-c1cc2c4c(c1C3)Cc1ccccc1N4c1ccccc1C2. The first kappa shape index (κ1) is 18.3. The Hall–Kier alpha value is -4.10. The van der Waals surface area contributed by atoms with Crippen LogP contribution in [0.2, 0.25) is 0 Å². The van der Waals surface area contributed by atoms with E-state index in [1.54, 1.807) is 11.1 Å². The van der Waals surface area contributed by atoms with E-state index in [0.717, 1.165) is 25.7 Å². The number of benzene rings is 5. The van der Waals surface area contributed by atoms with Crippen molar-refractivity contribution in [3.63, 3.8) is 0 Å². The van der Waals surface area contributed by atoms with Crippen molar-refractivity contribution < 1.29 is 0 Å². The van der Waals surface area contributed by atoms with E-state index in [4.69, 9.17) is 0 Å². The van der Waals surface area contributed by atoms with Crippen LogP contribution in [0.5, 0.6) is 0 Å². The van der Waals surface area contributed by atoms with Gasteiger partial charge in [0.05, 0.1) is 5.69 Å². The van der Waals surface area contributed by atoms with Gasteiger partial charge in [0.15, 0.2) is 0 Å².